The van der Waals surface area contributed by atoms with E-state index in [2.05, 4.69) is 26.6 Å². The highest BCUT2D eigenvalue weighted by molar-refractivity contribution is 9.10. The van der Waals surface area contributed by atoms with Crippen molar-refractivity contribution in [2.24, 2.45) is 0 Å². The lowest BCUT2D eigenvalue weighted by molar-refractivity contribution is 0.0933. The lowest BCUT2D eigenvalue weighted by Crippen LogP contribution is -2.42. The third kappa shape index (κ3) is 2.80. The molecular weight excluding hydrogens is 276 g/mol. The van der Waals surface area contributed by atoms with Crippen LogP contribution >= 0.6 is 27.3 Å². The molecule has 0 bridgehead atoms. The van der Waals surface area contributed by atoms with Gasteiger partial charge in [-0.15, -0.1) is 11.3 Å². The van der Waals surface area contributed by atoms with Gasteiger partial charge in [-0.2, -0.15) is 0 Å². The van der Waals surface area contributed by atoms with E-state index >= 15 is 0 Å². The van der Waals surface area contributed by atoms with Crippen LogP contribution in [0.25, 0.3) is 0 Å². The van der Waals surface area contributed by atoms with Crippen molar-refractivity contribution < 1.29 is 4.79 Å². The van der Waals surface area contributed by atoms with Crippen molar-refractivity contribution >= 4 is 33.2 Å². The van der Waals surface area contributed by atoms with Gasteiger partial charge in [-0.25, -0.2) is 0 Å². The Kier molecular flexibility index (Phi) is 3.77. The van der Waals surface area contributed by atoms with Crippen LogP contribution in [-0.2, 0) is 0 Å². The Labute approximate surface area is 101 Å². The molecule has 1 amide bonds. The minimum atomic E-state index is 0.0452. The third-order valence-electron chi connectivity index (χ3n) is 2.50. The van der Waals surface area contributed by atoms with Gasteiger partial charge < -0.3 is 10.6 Å². The predicted molar refractivity (Wildman–Crippen MR) is 65.4 cm³/mol. The van der Waals surface area contributed by atoms with Crippen molar-refractivity contribution in [2.75, 3.05) is 13.1 Å². The zero-order valence-corrected chi connectivity index (χ0v) is 10.7. The molecule has 15 heavy (non-hydrogen) atoms. The summed E-state index contributed by atoms with van der Waals surface area (Å²) in [6.07, 6.45) is 2.05. The summed E-state index contributed by atoms with van der Waals surface area (Å²) < 4.78 is 0.888. The second-order valence-electron chi connectivity index (χ2n) is 3.60. The molecule has 3 nitrogen and oxygen atoms in total. The van der Waals surface area contributed by atoms with Crippen LogP contribution in [0.1, 0.15) is 22.5 Å². The molecule has 2 N–H and O–H groups in total. The van der Waals surface area contributed by atoms with Crippen LogP contribution in [0, 0.1) is 0 Å². The first-order chi connectivity index (χ1) is 7.27. The molecule has 0 spiro atoms. The van der Waals surface area contributed by atoms with Crippen LogP contribution in [0.15, 0.2) is 15.9 Å². The maximum Gasteiger partial charge on any atom is 0.262 e. The Morgan fingerprint density at radius 1 is 1.53 bits per heavy atom. The highest BCUT2D eigenvalue weighted by Crippen LogP contribution is 2.22. The number of thiophene rings is 1. The highest BCUT2D eigenvalue weighted by Gasteiger charge is 2.18. The van der Waals surface area contributed by atoms with Gasteiger partial charge in [-0.3, -0.25) is 4.79 Å². The van der Waals surface area contributed by atoms with Crippen molar-refractivity contribution in [3.05, 3.63) is 20.8 Å². The summed E-state index contributed by atoms with van der Waals surface area (Å²) in [5, 5.41) is 8.26. The van der Waals surface area contributed by atoms with Gasteiger partial charge in [0.15, 0.2) is 0 Å². The Bertz CT molecular complexity index is 347. The van der Waals surface area contributed by atoms with Crippen molar-refractivity contribution in [2.45, 2.75) is 18.9 Å². The molecular formula is C10H13BrN2OS. The predicted octanol–water partition coefficient (Wildman–Crippen LogP) is 1.99. The molecule has 1 aromatic rings. The number of halogens is 1. The normalized spacial score (nSPS) is 17.7. The zero-order chi connectivity index (χ0) is 10.7. The van der Waals surface area contributed by atoms with Gasteiger partial charge in [0.1, 0.15) is 4.88 Å². The van der Waals surface area contributed by atoms with Crippen LogP contribution < -0.4 is 10.6 Å². The Morgan fingerprint density at radius 3 is 2.87 bits per heavy atom. The second-order valence-corrected chi connectivity index (χ2v) is 5.37. The molecule has 0 radical (unpaired) electrons. The molecule has 1 saturated heterocycles. The van der Waals surface area contributed by atoms with Gasteiger partial charge in [0.2, 0.25) is 0 Å². The van der Waals surface area contributed by atoms with Crippen LogP contribution in [0.2, 0.25) is 0 Å². The first-order valence-corrected chi connectivity index (χ1v) is 6.69. The minimum absolute atomic E-state index is 0.0452. The molecule has 1 fully saturated rings. The van der Waals surface area contributed by atoms with E-state index in [1.54, 1.807) is 0 Å². The van der Waals surface area contributed by atoms with Crippen molar-refractivity contribution in [1.29, 1.82) is 0 Å². The van der Waals surface area contributed by atoms with Gasteiger partial charge in [0, 0.05) is 10.5 Å². The molecule has 1 aromatic heterocycles. The van der Waals surface area contributed by atoms with E-state index in [0.717, 1.165) is 35.3 Å². The standard InChI is InChI=1S/C10H13BrN2OS/c11-8-3-6-15-9(8)10(14)13-7-1-4-12-5-2-7/h3,6-7,12H,1-2,4-5H2,(H,13,14). The third-order valence-corrected chi connectivity index (χ3v) is 4.33. The second kappa shape index (κ2) is 5.09. The smallest absolute Gasteiger partial charge is 0.262 e. The molecule has 2 rings (SSSR count). The SMILES string of the molecule is O=C(NC1CCNCC1)c1sccc1Br. The number of amides is 1. The monoisotopic (exact) mass is 288 g/mol. The van der Waals surface area contributed by atoms with E-state index in [1.165, 1.54) is 11.3 Å². The van der Waals surface area contributed by atoms with E-state index in [0.29, 0.717) is 6.04 Å². The van der Waals surface area contributed by atoms with Crippen molar-refractivity contribution in [3.63, 3.8) is 0 Å². The van der Waals surface area contributed by atoms with Crippen LogP contribution in [0.5, 0.6) is 0 Å². The average molecular weight is 289 g/mol. The van der Waals surface area contributed by atoms with Gasteiger partial charge in [-0.1, -0.05) is 0 Å². The summed E-state index contributed by atoms with van der Waals surface area (Å²) in [4.78, 5) is 12.6. The summed E-state index contributed by atoms with van der Waals surface area (Å²) in [5.41, 5.74) is 0. The summed E-state index contributed by atoms with van der Waals surface area (Å²) in [5.74, 6) is 0.0452. The fraction of sp³-hybridized carbons (Fsp3) is 0.500. The largest absolute Gasteiger partial charge is 0.348 e. The number of piperidine rings is 1. The molecule has 0 aromatic carbocycles. The number of hydrogen-bond acceptors (Lipinski definition) is 3. The molecule has 0 atom stereocenters. The van der Waals surface area contributed by atoms with Crippen molar-refractivity contribution in [1.82, 2.24) is 10.6 Å². The summed E-state index contributed by atoms with van der Waals surface area (Å²) >= 11 is 4.84. The number of carbonyl (C=O) groups excluding carboxylic acids is 1. The minimum Gasteiger partial charge on any atom is -0.348 e. The van der Waals surface area contributed by atoms with E-state index in [9.17, 15) is 4.79 Å². The summed E-state index contributed by atoms with van der Waals surface area (Å²) in [7, 11) is 0. The Hall–Kier alpha value is -0.390. The molecule has 0 unspecified atom stereocenters. The van der Waals surface area contributed by atoms with Crippen LogP contribution in [0.3, 0.4) is 0 Å². The zero-order valence-electron chi connectivity index (χ0n) is 8.25. The molecule has 0 saturated carbocycles. The van der Waals surface area contributed by atoms with Crippen LogP contribution in [-0.4, -0.2) is 25.0 Å². The molecule has 0 aliphatic carbocycles. The summed E-state index contributed by atoms with van der Waals surface area (Å²) in [6.45, 7) is 1.99. The van der Waals surface area contributed by atoms with E-state index in [1.807, 2.05) is 11.4 Å². The van der Waals surface area contributed by atoms with E-state index < -0.39 is 0 Å². The lowest BCUT2D eigenvalue weighted by atomic mass is 10.1. The molecule has 5 heteroatoms. The van der Waals surface area contributed by atoms with Gasteiger partial charge in [-0.05, 0) is 53.3 Å². The Balaban J connectivity index is 1.94. The van der Waals surface area contributed by atoms with E-state index in [4.69, 9.17) is 0 Å². The lowest BCUT2D eigenvalue weighted by Gasteiger charge is -2.23. The topological polar surface area (TPSA) is 41.1 Å². The number of nitrogens with one attached hydrogen (secondary N) is 2. The average Bonchev–Trinajstić information content (AvgIpc) is 2.66. The summed E-state index contributed by atoms with van der Waals surface area (Å²) in [6, 6.07) is 2.23. The number of hydrogen-bond donors (Lipinski definition) is 2. The maximum absolute atomic E-state index is 11.8. The molecule has 82 valence electrons. The fourth-order valence-corrected chi connectivity index (χ4v) is 3.13. The number of rotatable bonds is 2. The van der Waals surface area contributed by atoms with Crippen molar-refractivity contribution in [3.8, 4) is 0 Å². The Morgan fingerprint density at radius 2 is 2.27 bits per heavy atom. The maximum atomic E-state index is 11.8. The highest BCUT2D eigenvalue weighted by atomic mass is 79.9. The quantitative estimate of drug-likeness (QED) is 0.874. The molecule has 1 aliphatic heterocycles. The van der Waals surface area contributed by atoms with E-state index in [-0.39, 0.29) is 5.91 Å². The number of carbonyl (C=O) groups is 1. The molecule has 1 aliphatic rings. The van der Waals surface area contributed by atoms with Gasteiger partial charge in [0.25, 0.3) is 5.91 Å². The molecule has 2 heterocycles. The van der Waals surface area contributed by atoms with Crippen LogP contribution in [0.4, 0.5) is 0 Å². The fourth-order valence-electron chi connectivity index (χ4n) is 1.67. The first-order valence-electron chi connectivity index (χ1n) is 5.02. The van der Waals surface area contributed by atoms with Gasteiger partial charge >= 0.3 is 0 Å². The first kappa shape index (κ1) is 11.1. The van der Waals surface area contributed by atoms with Gasteiger partial charge in [0.05, 0.1) is 0 Å².